The van der Waals surface area contributed by atoms with Crippen LogP contribution in [0.25, 0.3) is 17.2 Å². The lowest BCUT2D eigenvalue weighted by Gasteiger charge is -2.14. The van der Waals surface area contributed by atoms with Crippen molar-refractivity contribution in [3.05, 3.63) is 95.3 Å². The van der Waals surface area contributed by atoms with Gasteiger partial charge in [-0.2, -0.15) is 0 Å². The fraction of sp³-hybridized carbons (Fsp3) is 0.125. The second-order valence-electron chi connectivity index (χ2n) is 6.78. The molecule has 2 aromatic carbocycles. The van der Waals surface area contributed by atoms with E-state index in [2.05, 4.69) is 34.6 Å². The number of aromatic nitrogens is 1. The second kappa shape index (κ2) is 8.52. The molecule has 4 rings (SSSR count). The molecule has 0 bridgehead atoms. The highest BCUT2D eigenvalue weighted by atomic mass is 16.5. The molecule has 0 fully saturated rings. The number of alkyl carbamates (subject to hydrolysis) is 1. The SMILES string of the molecule is O=Cc1cncc(C=CCNC(=O)OCC2c3ccccc3-c3ccccc32)c1. The highest BCUT2D eigenvalue weighted by Gasteiger charge is 2.28. The van der Waals surface area contributed by atoms with Crippen LogP contribution in [0.15, 0.2) is 73.1 Å². The van der Waals surface area contributed by atoms with Crippen molar-refractivity contribution in [3.63, 3.8) is 0 Å². The molecule has 1 aliphatic rings. The van der Waals surface area contributed by atoms with E-state index in [9.17, 15) is 9.59 Å². The lowest BCUT2D eigenvalue weighted by atomic mass is 9.98. The summed E-state index contributed by atoms with van der Waals surface area (Å²) in [6.45, 7) is 0.608. The third kappa shape index (κ3) is 4.09. The minimum Gasteiger partial charge on any atom is -0.449 e. The van der Waals surface area contributed by atoms with Crippen LogP contribution in [0.3, 0.4) is 0 Å². The molecule has 3 aromatic rings. The normalized spacial score (nSPS) is 12.4. The maximum Gasteiger partial charge on any atom is 0.407 e. The third-order valence-corrected chi connectivity index (χ3v) is 4.93. The minimum absolute atomic E-state index is 0.0425. The van der Waals surface area contributed by atoms with Crippen molar-refractivity contribution in [2.24, 2.45) is 0 Å². The van der Waals surface area contributed by atoms with Crippen molar-refractivity contribution in [1.29, 1.82) is 0 Å². The molecule has 5 heteroatoms. The van der Waals surface area contributed by atoms with Crippen molar-refractivity contribution in [2.45, 2.75) is 5.92 Å². The van der Waals surface area contributed by atoms with Gasteiger partial charge in [0.2, 0.25) is 0 Å². The van der Waals surface area contributed by atoms with Gasteiger partial charge in [0.15, 0.2) is 6.29 Å². The predicted molar refractivity (Wildman–Crippen MR) is 112 cm³/mol. The Hall–Kier alpha value is -3.73. The number of nitrogens with one attached hydrogen (secondary N) is 1. The summed E-state index contributed by atoms with van der Waals surface area (Å²) in [5, 5.41) is 2.72. The monoisotopic (exact) mass is 384 g/mol. The van der Waals surface area contributed by atoms with E-state index in [1.54, 1.807) is 24.4 Å². The van der Waals surface area contributed by atoms with Crippen LogP contribution in [-0.2, 0) is 4.74 Å². The maximum atomic E-state index is 12.1. The van der Waals surface area contributed by atoms with Crippen LogP contribution >= 0.6 is 0 Å². The molecular weight excluding hydrogens is 364 g/mol. The van der Waals surface area contributed by atoms with Gasteiger partial charge in [-0.3, -0.25) is 9.78 Å². The van der Waals surface area contributed by atoms with Crippen molar-refractivity contribution in [2.75, 3.05) is 13.2 Å². The first-order chi connectivity index (χ1) is 14.3. The molecule has 1 heterocycles. The Labute approximate surface area is 169 Å². The number of hydrogen-bond acceptors (Lipinski definition) is 4. The molecule has 0 unspecified atom stereocenters. The van der Waals surface area contributed by atoms with Crippen LogP contribution < -0.4 is 5.32 Å². The molecule has 0 saturated heterocycles. The van der Waals surface area contributed by atoms with Crippen LogP contribution in [0, 0.1) is 0 Å². The van der Waals surface area contributed by atoms with Gasteiger partial charge in [0.05, 0.1) is 0 Å². The van der Waals surface area contributed by atoms with E-state index in [1.165, 1.54) is 28.5 Å². The van der Waals surface area contributed by atoms with E-state index >= 15 is 0 Å². The molecule has 5 nitrogen and oxygen atoms in total. The summed E-state index contributed by atoms with van der Waals surface area (Å²) in [6.07, 6.45) is 7.02. The number of carbonyl (C=O) groups is 2. The van der Waals surface area contributed by atoms with Gasteiger partial charge in [0, 0.05) is 30.4 Å². The first kappa shape index (κ1) is 18.6. The summed E-state index contributed by atoms with van der Waals surface area (Å²) in [6, 6.07) is 18.2. The average Bonchev–Trinajstić information content (AvgIpc) is 3.09. The van der Waals surface area contributed by atoms with E-state index in [0.29, 0.717) is 12.1 Å². The topological polar surface area (TPSA) is 68.3 Å². The maximum absolute atomic E-state index is 12.1. The van der Waals surface area contributed by atoms with Crippen LogP contribution in [0.1, 0.15) is 33.0 Å². The highest BCUT2D eigenvalue weighted by molar-refractivity contribution is 5.79. The molecule has 0 spiro atoms. The van der Waals surface area contributed by atoms with Gasteiger partial charge in [-0.05, 0) is 33.9 Å². The number of nitrogens with zero attached hydrogens (tertiary/aromatic N) is 1. The van der Waals surface area contributed by atoms with Gasteiger partial charge in [-0.25, -0.2) is 4.79 Å². The van der Waals surface area contributed by atoms with Crippen molar-refractivity contribution in [1.82, 2.24) is 10.3 Å². The van der Waals surface area contributed by atoms with Crippen molar-refractivity contribution < 1.29 is 14.3 Å². The first-order valence-corrected chi connectivity index (χ1v) is 9.42. The van der Waals surface area contributed by atoms with Gasteiger partial charge in [0.25, 0.3) is 0 Å². The minimum atomic E-state index is -0.462. The zero-order chi connectivity index (χ0) is 20.1. The molecule has 0 saturated carbocycles. The van der Waals surface area contributed by atoms with Crippen LogP contribution in [0.2, 0.25) is 0 Å². The molecule has 1 aliphatic carbocycles. The van der Waals surface area contributed by atoms with Crippen molar-refractivity contribution >= 4 is 18.5 Å². The van der Waals surface area contributed by atoms with E-state index < -0.39 is 6.09 Å². The number of amides is 1. The molecule has 0 aliphatic heterocycles. The lowest BCUT2D eigenvalue weighted by Crippen LogP contribution is -2.26. The quantitative estimate of drug-likeness (QED) is 0.638. The number of hydrogen-bond donors (Lipinski definition) is 1. The second-order valence-corrected chi connectivity index (χ2v) is 6.78. The van der Waals surface area contributed by atoms with Crippen LogP contribution in [0.4, 0.5) is 4.79 Å². The Morgan fingerprint density at radius 3 is 2.34 bits per heavy atom. The van der Waals surface area contributed by atoms with Gasteiger partial charge >= 0.3 is 6.09 Å². The molecular formula is C24H20N2O3. The number of aldehydes is 1. The van der Waals surface area contributed by atoms with Crippen LogP contribution in [-0.4, -0.2) is 30.5 Å². The number of rotatable bonds is 6. The zero-order valence-electron chi connectivity index (χ0n) is 15.7. The number of pyridine rings is 1. The Bertz CT molecular complexity index is 1030. The van der Waals surface area contributed by atoms with E-state index in [-0.39, 0.29) is 12.5 Å². The Balaban J connectivity index is 1.33. The first-order valence-electron chi connectivity index (χ1n) is 9.42. The Kier molecular flexibility index (Phi) is 5.47. The molecule has 144 valence electrons. The van der Waals surface area contributed by atoms with Gasteiger partial charge in [-0.1, -0.05) is 60.7 Å². The molecule has 1 aromatic heterocycles. The third-order valence-electron chi connectivity index (χ3n) is 4.93. The summed E-state index contributed by atoms with van der Waals surface area (Å²) in [7, 11) is 0. The lowest BCUT2D eigenvalue weighted by molar-refractivity contribution is 0.112. The smallest absolute Gasteiger partial charge is 0.407 e. The predicted octanol–water partition coefficient (Wildman–Crippen LogP) is 4.45. The van der Waals surface area contributed by atoms with Crippen LogP contribution in [0.5, 0.6) is 0 Å². The number of carbonyl (C=O) groups excluding carboxylic acids is 2. The summed E-state index contributed by atoms with van der Waals surface area (Å²) in [5.41, 5.74) is 6.07. The summed E-state index contributed by atoms with van der Waals surface area (Å²) < 4.78 is 5.49. The van der Waals surface area contributed by atoms with E-state index in [4.69, 9.17) is 4.74 Å². The molecule has 0 radical (unpaired) electrons. The summed E-state index contributed by atoms with van der Waals surface area (Å²) >= 11 is 0. The average molecular weight is 384 g/mol. The van der Waals surface area contributed by atoms with Crippen molar-refractivity contribution in [3.8, 4) is 11.1 Å². The number of fused-ring (bicyclic) bond motifs is 3. The summed E-state index contributed by atoms with van der Waals surface area (Å²) in [4.78, 5) is 26.9. The standard InChI is InChI=1S/C24H20N2O3/c27-15-18-12-17(13-25-14-18)6-5-11-26-24(28)29-16-23-21-9-3-1-7-19(21)20-8-2-4-10-22(20)23/h1-10,12-15,23H,11,16H2,(H,26,28). The summed E-state index contributed by atoms with van der Waals surface area (Å²) in [5.74, 6) is 0.0425. The van der Waals surface area contributed by atoms with Gasteiger partial charge in [0.1, 0.15) is 6.61 Å². The number of benzene rings is 2. The van der Waals surface area contributed by atoms with Gasteiger partial charge in [-0.15, -0.1) is 0 Å². The zero-order valence-corrected chi connectivity index (χ0v) is 15.7. The fourth-order valence-electron chi connectivity index (χ4n) is 3.62. The molecule has 1 N–H and O–H groups in total. The largest absolute Gasteiger partial charge is 0.449 e. The Morgan fingerprint density at radius 2 is 1.66 bits per heavy atom. The van der Waals surface area contributed by atoms with E-state index in [0.717, 1.165) is 11.8 Å². The van der Waals surface area contributed by atoms with Gasteiger partial charge < -0.3 is 10.1 Å². The molecule has 1 amide bonds. The highest BCUT2D eigenvalue weighted by Crippen LogP contribution is 2.44. The van der Waals surface area contributed by atoms with E-state index in [1.807, 2.05) is 24.3 Å². The fourth-order valence-corrected chi connectivity index (χ4v) is 3.62. The molecule has 29 heavy (non-hydrogen) atoms. The molecule has 0 atom stereocenters. The number of ether oxygens (including phenoxy) is 1. The Morgan fingerprint density at radius 1 is 1.00 bits per heavy atom.